The smallest absolute Gasteiger partial charge is 0.402 e. The van der Waals surface area contributed by atoms with Crippen molar-refractivity contribution in [2.45, 2.75) is 51.2 Å². The largest absolute Gasteiger partial charge is 0.573 e. The molecule has 2 bridgehead atoms. The van der Waals surface area contributed by atoms with E-state index in [2.05, 4.69) is 14.6 Å². The molecule has 3 aromatic heterocycles. The number of nitrogen functional groups attached to an aromatic ring is 1. The molecule has 3 aliphatic heterocycles. The fourth-order valence-corrected chi connectivity index (χ4v) is 5.02. The van der Waals surface area contributed by atoms with Crippen LogP contribution in [0.5, 0.6) is 5.75 Å². The Labute approximate surface area is 186 Å². The van der Waals surface area contributed by atoms with Gasteiger partial charge in [0.1, 0.15) is 11.4 Å². The first-order valence-corrected chi connectivity index (χ1v) is 10.8. The number of nitrogens with two attached hydrogens (primary N) is 1. The lowest BCUT2D eigenvalue weighted by molar-refractivity contribution is -0.274. The summed E-state index contributed by atoms with van der Waals surface area (Å²) in [7, 11) is 0. The number of hydrogen-bond acceptors (Lipinski definition) is 8. The third-order valence-corrected chi connectivity index (χ3v) is 6.64. The molecule has 174 valence electrons. The van der Waals surface area contributed by atoms with Crippen LogP contribution in [0.15, 0.2) is 12.3 Å². The van der Waals surface area contributed by atoms with Crippen LogP contribution in [0.4, 0.5) is 24.8 Å². The molecule has 9 nitrogen and oxygen atoms in total. The number of alkyl halides is 3. The van der Waals surface area contributed by atoms with E-state index >= 15 is 0 Å². The molecule has 7 rings (SSSR count). The minimum atomic E-state index is -4.89. The number of nitrogens with zero attached hydrogens (tertiary/aromatic N) is 6. The van der Waals surface area contributed by atoms with Gasteiger partial charge in [0.2, 0.25) is 0 Å². The van der Waals surface area contributed by atoms with Crippen molar-refractivity contribution in [3.05, 3.63) is 18.1 Å². The molecule has 0 amide bonds. The van der Waals surface area contributed by atoms with Gasteiger partial charge >= 0.3 is 6.36 Å². The highest BCUT2D eigenvalue weighted by molar-refractivity contribution is 5.87. The molecule has 12 heteroatoms. The highest BCUT2D eigenvalue weighted by Crippen LogP contribution is 2.45. The third-order valence-electron chi connectivity index (χ3n) is 6.64. The molecule has 6 heterocycles. The standard InChI is InChI=1S/C21H22F3N7O2/c1-20(2)19-27-14-17(30(19)3-4-32-20)28-16(29-18(14)31-9-10-5-12(31)6-10)11-7-13(15(25)26-8-11)33-21(22,23)24/h7-8,10,12H,3-6,9H2,1-2H3,(H2,25,26). The number of pyridine rings is 1. The van der Waals surface area contributed by atoms with Gasteiger partial charge < -0.3 is 24.7 Å². The fourth-order valence-electron chi connectivity index (χ4n) is 5.02. The summed E-state index contributed by atoms with van der Waals surface area (Å²) in [4.78, 5) is 20.5. The van der Waals surface area contributed by atoms with E-state index in [9.17, 15) is 13.2 Å². The van der Waals surface area contributed by atoms with Gasteiger partial charge in [-0.05, 0) is 38.7 Å². The number of anilines is 2. The summed E-state index contributed by atoms with van der Waals surface area (Å²) in [6.45, 7) is 5.85. The first-order valence-electron chi connectivity index (χ1n) is 10.8. The van der Waals surface area contributed by atoms with Crippen LogP contribution in [0.1, 0.15) is 32.5 Å². The number of ether oxygens (including phenoxy) is 2. The second-order valence-electron chi connectivity index (χ2n) is 9.29. The average Bonchev–Trinajstić information content (AvgIpc) is 3.40. The second kappa shape index (κ2) is 6.69. The highest BCUT2D eigenvalue weighted by Gasteiger charge is 2.45. The zero-order valence-electron chi connectivity index (χ0n) is 18.1. The van der Waals surface area contributed by atoms with Crippen molar-refractivity contribution in [1.29, 1.82) is 0 Å². The molecular formula is C21H22F3N7O2. The predicted octanol–water partition coefficient (Wildman–Crippen LogP) is 3.23. The van der Waals surface area contributed by atoms with Crippen LogP contribution in [0, 0.1) is 5.92 Å². The normalized spacial score (nSPS) is 23.5. The van der Waals surface area contributed by atoms with Crippen molar-refractivity contribution in [2.24, 2.45) is 5.92 Å². The Hall–Kier alpha value is -3.15. The van der Waals surface area contributed by atoms with Gasteiger partial charge in [-0.2, -0.15) is 0 Å². The lowest BCUT2D eigenvalue weighted by Gasteiger charge is -2.30. The summed E-state index contributed by atoms with van der Waals surface area (Å²) in [5, 5.41) is 0. The van der Waals surface area contributed by atoms with E-state index in [1.807, 2.05) is 18.4 Å². The van der Waals surface area contributed by atoms with Gasteiger partial charge in [0.25, 0.3) is 0 Å². The van der Waals surface area contributed by atoms with E-state index in [1.165, 1.54) is 12.3 Å². The Kier molecular flexibility index (Phi) is 4.14. The van der Waals surface area contributed by atoms with Crippen LogP contribution in [0.3, 0.4) is 0 Å². The Balaban J connectivity index is 1.54. The number of hydrogen-bond donors (Lipinski definition) is 1. The maximum absolute atomic E-state index is 12.8. The molecule has 2 saturated heterocycles. The van der Waals surface area contributed by atoms with Crippen LogP contribution in [0.25, 0.3) is 22.6 Å². The molecule has 33 heavy (non-hydrogen) atoms. The predicted molar refractivity (Wildman–Crippen MR) is 112 cm³/mol. The van der Waals surface area contributed by atoms with E-state index in [-0.39, 0.29) is 17.2 Å². The van der Waals surface area contributed by atoms with Crippen LogP contribution >= 0.6 is 0 Å². The van der Waals surface area contributed by atoms with Gasteiger partial charge in [-0.15, -0.1) is 13.2 Å². The number of halogens is 3. The first kappa shape index (κ1) is 20.5. The molecule has 1 saturated carbocycles. The SMILES string of the molecule is CC1(C)OCCn2c1nc1c(N3CC4CC3C4)nc(-c3cnc(N)c(OC(F)(F)F)c3)nc12. The fraction of sp³-hybridized carbons (Fsp3) is 0.524. The first-order chi connectivity index (χ1) is 15.6. The number of rotatable bonds is 3. The number of imidazole rings is 1. The quantitative estimate of drug-likeness (QED) is 0.634. The molecule has 4 aliphatic rings. The van der Waals surface area contributed by atoms with E-state index in [4.69, 9.17) is 25.4 Å². The summed E-state index contributed by atoms with van der Waals surface area (Å²) < 4.78 is 50.5. The molecule has 2 N–H and O–H groups in total. The summed E-state index contributed by atoms with van der Waals surface area (Å²) in [5.74, 6) is 1.36. The zero-order valence-corrected chi connectivity index (χ0v) is 18.1. The Morgan fingerprint density at radius 3 is 2.70 bits per heavy atom. The van der Waals surface area contributed by atoms with E-state index in [1.54, 1.807) is 0 Å². The number of aromatic nitrogens is 5. The average molecular weight is 461 g/mol. The molecule has 1 aliphatic carbocycles. The summed E-state index contributed by atoms with van der Waals surface area (Å²) in [6.07, 6.45) is -1.32. The summed E-state index contributed by atoms with van der Waals surface area (Å²) in [5.41, 5.74) is 6.59. The molecule has 0 spiro atoms. The monoisotopic (exact) mass is 461 g/mol. The Morgan fingerprint density at radius 1 is 1.21 bits per heavy atom. The van der Waals surface area contributed by atoms with Crippen molar-refractivity contribution in [3.63, 3.8) is 0 Å². The topological polar surface area (TPSA) is 104 Å². The van der Waals surface area contributed by atoms with Crippen molar-refractivity contribution >= 4 is 22.8 Å². The minimum Gasteiger partial charge on any atom is -0.402 e. The van der Waals surface area contributed by atoms with Crippen molar-refractivity contribution in [1.82, 2.24) is 24.5 Å². The van der Waals surface area contributed by atoms with Gasteiger partial charge in [-0.3, -0.25) is 0 Å². The van der Waals surface area contributed by atoms with Gasteiger partial charge in [-0.25, -0.2) is 19.9 Å². The molecular weight excluding hydrogens is 439 g/mol. The highest BCUT2D eigenvalue weighted by atomic mass is 19.4. The molecule has 0 unspecified atom stereocenters. The van der Waals surface area contributed by atoms with Crippen LogP contribution in [-0.4, -0.2) is 50.1 Å². The van der Waals surface area contributed by atoms with Crippen LogP contribution < -0.4 is 15.4 Å². The van der Waals surface area contributed by atoms with Gasteiger partial charge in [0.15, 0.2) is 34.4 Å². The molecule has 3 fully saturated rings. The second-order valence-corrected chi connectivity index (χ2v) is 9.29. The van der Waals surface area contributed by atoms with Crippen LogP contribution in [-0.2, 0) is 16.9 Å². The lowest BCUT2D eigenvalue weighted by Crippen LogP contribution is -2.33. The summed E-state index contributed by atoms with van der Waals surface area (Å²) in [6, 6.07) is 1.56. The molecule has 0 radical (unpaired) electrons. The lowest BCUT2D eigenvalue weighted by atomic mass is 9.86. The van der Waals surface area contributed by atoms with Gasteiger partial charge in [0.05, 0.1) is 6.61 Å². The number of fused-ring (bicyclic) bond motifs is 4. The van der Waals surface area contributed by atoms with Crippen molar-refractivity contribution in [2.75, 3.05) is 23.8 Å². The molecule has 0 aromatic carbocycles. The van der Waals surface area contributed by atoms with Crippen molar-refractivity contribution in [3.8, 4) is 17.1 Å². The maximum atomic E-state index is 12.8. The van der Waals surface area contributed by atoms with E-state index in [0.29, 0.717) is 42.1 Å². The van der Waals surface area contributed by atoms with Gasteiger partial charge in [-0.1, -0.05) is 0 Å². The molecule has 0 atom stereocenters. The maximum Gasteiger partial charge on any atom is 0.573 e. The minimum absolute atomic E-state index is 0.244. The molecule has 3 aromatic rings. The van der Waals surface area contributed by atoms with E-state index < -0.39 is 17.7 Å². The Bertz CT molecular complexity index is 1270. The van der Waals surface area contributed by atoms with Crippen LogP contribution in [0.2, 0.25) is 0 Å². The van der Waals surface area contributed by atoms with E-state index in [0.717, 1.165) is 25.2 Å². The third kappa shape index (κ3) is 3.26. The Morgan fingerprint density at radius 2 is 2.00 bits per heavy atom. The summed E-state index contributed by atoms with van der Waals surface area (Å²) >= 11 is 0. The zero-order chi connectivity index (χ0) is 23.1. The van der Waals surface area contributed by atoms with Crippen molar-refractivity contribution < 1.29 is 22.6 Å². The van der Waals surface area contributed by atoms with Gasteiger partial charge in [0, 0.05) is 30.9 Å².